The first kappa shape index (κ1) is 20.3. The van der Waals surface area contributed by atoms with Gasteiger partial charge in [-0.1, -0.05) is 31.5 Å². The lowest BCUT2D eigenvalue weighted by Gasteiger charge is -2.10. The third kappa shape index (κ3) is 7.40. The van der Waals surface area contributed by atoms with Gasteiger partial charge >= 0.3 is 0 Å². The van der Waals surface area contributed by atoms with Crippen LogP contribution in [0.2, 0.25) is 0 Å². The lowest BCUT2D eigenvalue weighted by atomic mass is 10.2. The van der Waals surface area contributed by atoms with Crippen LogP contribution in [-0.4, -0.2) is 31.5 Å². The van der Waals surface area contributed by atoms with Crippen molar-refractivity contribution in [2.24, 2.45) is 5.92 Å². The van der Waals surface area contributed by atoms with Gasteiger partial charge in [-0.3, -0.25) is 9.59 Å². The van der Waals surface area contributed by atoms with E-state index in [4.69, 9.17) is 9.47 Å². The van der Waals surface area contributed by atoms with Gasteiger partial charge in [-0.05, 0) is 43.3 Å². The number of ether oxygens (including phenoxy) is 2. The molecule has 144 valence electrons. The molecule has 2 aromatic carbocycles. The Kier molecular flexibility index (Phi) is 7.67. The predicted molar refractivity (Wildman–Crippen MR) is 104 cm³/mol. The highest BCUT2D eigenvalue weighted by Crippen LogP contribution is 2.24. The smallest absolute Gasteiger partial charge is 0.258 e. The third-order valence-corrected chi connectivity index (χ3v) is 3.72. The van der Waals surface area contributed by atoms with Crippen molar-refractivity contribution in [3.05, 3.63) is 54.1 Å². The molecule has 0 aliphatic carbocycles. The summed E-state index contributed by atoms with van der Waals surface area (Å²) >= 11 is 0. The van der Waals surface area contributed by atoms with Crippen LogP contribution in [-0.2, 0) is 9.59 Å². The fraction of sp³-hybridized carbons (Fsp3) is 0.333. The maximum Gasteiger partial charge on any atom is 0.258 e. The van der Waals surface area contributed by atoms with E-state index in [2.05, 4.69) is 10.6 Å². The molecule has 2 aromatic rings. The van der Waals surface area contributed by atoms with E-state index in [-0.39, 0.29) is 24.3 Å². The van der Waals surface area contributed by atoms with Crippen molar-refractivity contribution in [2.75, 3.05) is 19.7 Å². The van der Waals surface area contributed by atoms with E-state index in [0.29, 0.717) is 24.6 Å². The average molecular weight is 370 g/mol. The van der Waals surface area contributed by atoms with Crippen LogP contribution < -0.4 is 20.1 Å². The first-order valence-corrected chi connectivity index (χ1v) is 8.96. The lowest BCUT2D eigenvalue weighted by molar-refractivity contribution is -0.125. The van der Waals surface area contributed by atoms with E-state index < -0.39 is 0 Å². The molecule has 0 bridgehead atoms. The minimum Gasteiger partial charge on any atom is -0.484 e. The summed E-state index contributed by atoms with van der Waals surface area (Å²) in [6.07, 6.45) is 0. The Hall–Kier alpha value is -3.02. The second kappa shape index (κ2) is 10.2. The zero-order chi connectivity index (χ0) is 19.6. The monoisotopic (exact) mass is 370 g/mol. The van der Waals surface area contributed by atoms with Crippen LogP contribution in [0.15, 0.2) is 48.5 Å². The summed E-state index contributed by atoms with van der Waals surface area (Å²) in [6.45, 7) is 6.33. The summed E-state index contributed by atoms with van der Waals surface area (Å²) in [5, 5.41) is 5.42. The number of benzene rings is 2. The standard InChI is InChI=1S/C21H26N2O4/c1-15(2)21(25)23-13-12-22-20(24)14-26-17-8-10-19(11-9-17)27-18-6-4-16(3)5-7-18/h4-11,15H,12-14H2,1-3H3,(H,22,24)(H,23,25). The normalized spacial score (nSPS) is 10.4. The number of carbonyl (C=O) groups excluding carboxylic acids is 2. The zero-order valence-corrected chi connectivity index (χ0v) is 16.0. The van der Waals surface area contributed by atoms with E-state index in [9.17, 15) is 9.59 Å². The molecule has 0 radical (unpaired) electrons. The summed E-state index contributed by atoms with van der Waals surface area (Å²) < 4.78 is 11.2. The quantitative estimate of drug-likeness (QED) is 0.665. The van der Waals surface area contributed by atoms with Crippen molar-refractivity contribution in [1.82, 2.24) is 10.6 Å². The molecular formula is C21H26N2O4. The molecule has 0 aromatic heterocycles. The van der Waals surface area contributed by atoms with Crippen LogP contribution in [0.25, 0.3) is 0 Å². The van der Waals surface area contributed by atoms with Gasteiger partial charge in [-0.25, -0.2) is 0 Å². The van der Waals surface area contributed by atoms with Crippen LogP contribution >= 0.6 is 0 Å². The summed E-state index contributed by atoms with van der Waals surface area (Å²) in [4.78, 5) is 23.2. The van der Waals surface area contributed by atoms with Crippen LogP contribution in [0, 0.1) is 12.8 Å². The van der Waals surface area contributed by atoms with E-state index in [1.165, 1.54) is 5.56 Å². The number of hydrogen-bond acceptors (Lipinski definition) is 4. The Morgan fingerprint density at radius 1 is 0.852 bits per heavy atom. The molecule has 6 heteroatoms. The summed E-state index contributed by atoms with van der Waals surface area (Å²) in [5.74, 6) is 1.69. The Bertz CT molecular complexity index is 740. The number of hydrogen-bond donors (Lipinski definition) is 2. The summed E-state index contributed by atoms with van der Waals surface area (Å²) in [5.41, 5.74) is 1.17. The first-order chi connectivity index (χ1) is 12.9. The molecule has 0 unspecified atom stereocenters. The molecule has 0 saturated carbocycles. The fourth-order valence-electron chi connectivity index (χ4n) is 2.14. The molecule has 0 spiro atoms. The number of rotatable bonds is 9. The molecule has 0 saturated heterocycles. The van der Waals surface area contributed by atoms with Crippen LogP contribution in [0.4, 0.5) is 0 Å². The number of carbonyl (C=O) groups is 2. The molecule has 2 N–H and O–H groups in total. The molecule has 6 nitrogen and oxygen atoms in total. The zero-order valence-electron chi connectivity index (χ0n) is 16.0. The molecular weight excluding hydrogens is 344 g/mol. The van der Waals surface area contributed by atoms with Crippen LogP contribution in [0.1, 0.15) is 19.4 Å². The molecule has 27 heavy (non-hydrogen) atoms. The highest BCUT2D eigenvalue weighted by Gasteiger charge is 2.06. The molecule has 0 heterocycles. The Morgan fingerprint density at radius 2 is 1.37 bits per heavy atom. The molecule has 0 fully saturated rings. The largest absolute Gasteiger partial charge is 0.484 e. The Balaban J connectivity index is 1.69. The van der Waals surface area contributed by atoms with Crippen LogP contribution in [0.3, 0.4) is 0 Å². The van der Waals surface area contributed by atoms with Gasteiger partial charge in [0.15, 0.2) is 6.61 Å². The Labute approximate surface area is 159 Å². The van der Waals surface area contributed by atoms with Gasteiger partial charge in [0.25, 0.3) is 5.91 Å². The van der Waals surface area contributed by atoms with Gasteiger partial charge in [0.05, 0.1) is 0 Å². The molecule has 0 atom stereocenters. The SMILES string of the molecule is Cc1ccc(Oc2ccc(OCC(=O)NCCNC(=O)C(C)C)cc2)cc1. The lowest BCUT2D eigenvalue weighted by Crippen LogP contribution is -2.38. The van der Waals surface area contributed by atoms with E-state index in [1.54, 1.807) is 24.3 Å². The molecule has 0 aliphatic rings. The Morgan fingerprint density at radius 3 is 1.96 bits per heavy atom. The van der Waals surface area contributed by atoms with Crippen molar-refractivity contribution < 1.29 is 19.1 Å². The third-order valence-electron chi connectivity index (χ3n) is 3.72. The summed E-state index contributed by atoms with van der Waals surface area (Å²) in [6, 6.07) is 14.9. The molecule has 2 rings (SSSR count). The van der Waals surface area contributed by atoms with Crippen LogP contribution in [0.5, 0.6) is 17.2 Å². The van der Waals surface area contributed by atoms with Gasteiger partial charge in [-0.2, -0.15) is 0 Å². The van der Waals surface area contributed by atoms with Gasteiger partial charge in [0.1, 0.15) is 17.2 Å². The number of nitrogens with one attached hydrogen (secondary N) is 2. The van der Waals surface area contributed by atoms with E-state index in [1.807, 2.05) is 45.0 Å². The highest BCUT2D eigenvalue weighted by molar-refractivity contribution is 5.78. The predicted octanol–water partition coefficient (Wildman–Crippen LogP) is 3.05. The maximum atomic E-state index is 11.8. The number of amides is 2. The minimum absolute atomic E-state index is 0.0338. The first-order valence-electron chi connectivity index (χ1n) is 8.96. The second-order valence-electron chi connectivity index (χ2n) is 6.47. The van der Waals surface area contributed by atoms with Crippen molar-refractivity contribution in [2.45, 2.75) is 20.8 Å². The molecule has 0 aliphatic heterocycles. The van der Waals surface area contributed by atoms with Crippen molar-refractivity contribution in [3.63, 3.8) is 0 Å². The summed E-state index contributed by atoms with van der Waals surface area (Å²) in [7, 11) is 0. The maximum absolute atomic E-state index is 11.8. The topological polar surface area (TPSA) is 76.7 Å². The number of aryl methyl sites for hydroxylation is 1. The van der Waals surface area contributed by atoms with Crippen molar-refractivity contribution in [3.8, 4) is 17.2 Å². The van der Waals surface area contributed by atoms with Gasteiger partial charge in [0, 0.05) is 19.0 Å². The van der Waals surface area contributed by atoms with Crippen molar-refractivity contribution >= 4 is 11.8 Å². The van der Waals surface area contributed by atoms with Gasteiger partial charge in [-0.15, -0.1) is 0 Å². The van der Waals surface area contributed by atoms with E-state index in [0.717, 1.165) is 5.75 Å². The average Bonchev–Trinajstić information content (AvgIpc) is 2.66. The van der Waals surface area contributed by atoms with Crippen molar-refractivity contribution in [1.29, 1.82) is 0 Å². The van der Waals surface area contributed by atoms with E-state index >= 15 is 0 Å². The fourth-order valence-corrected chi connectivity index (χ4v) is 2.14. The second-order valence-corrected chi connectivity index (χ2v) is 6.47. The molecule has 2 amide bonds. The minimum atomic E-state index is -0.242. The van der Waals surface area contributed by atoms with Gasteiger partial charge in [0.2, 0.25) is 5.91 Å². The highest BCUT2D eigenvalue weighted by atomic mass is 16.5. The van der Waals surface area contributed by atoms with Gasteiger partial charge < -0.3 is 20.1 Å².